The van der Waals surface area contributed by atoms with E-state index in [2.05, 4.69) is 0 Å². The van der Waals surface area contributed by atoms with Crippen molar-refractivity contribution in [3.8, 4) is 0 Å². The Kier molecular flexibility index (Phi) is 3.20. The summed E-state index contributed by atoms with van der Waals surface area (Å²) in [5, 5.41) is 1.72. The second-order valence-corrected chi connectivity index (χ2v) is 3.92. The van der Waals surface area contributed by atoms with Crippen LogP contribution in [0.4, 0.5) is 28.0 Å². The van der Waals surface area contributed by atoms with E-state index in [-0.39, 0.29) is 4.90 Å². The molecule has 0 aliphatic carbocycles. The molecule has 2 rings (SSSR count). The first-order chi connectivity index (χ1) is 9.20. The number of benzene rings is 1. The lowest BCUT2D eigenvalue weighted by atomic mass is 10.1. The molecule has 1 aromatic rings. The number of carbonyl (C=O) groups excluding carboxylic acids is 3. The Bertz CT molecular complexity index is 592. The number of alkyl halides is 3. The highest BCUT2D eigenvalue weighted by molar-refractivity contribution is 6.26. The summed E-state index contributed by atoms with van der Waals surface area (Å²) in [6.07, 6.45) is -5.50. The fraction of sp³-hybridized carbons (Fsp3) is 0.182. The molecule has 1 aliphatic rings. The van der Waals surface area contributed by atoms with Crippen LogP contribution < -0.4 is 10.2 Å². The van der Waals surface area contributed by atoms with Crippen molar-refractivity contribution in [2.24, 2.45) is 0 Å². The number of hydrogen-bond donors (Lipinski definition) is 1. The van der Waals surface area contributed by atoms with Crippen molar-refractivity contribution >= 4 is 23.5 Å². The molecule has 1 aromatic carbocycles. The molecule has 0 aromatic heterocycles. The summed E-state index contributed by atoms with van der Waals surface area (Å²) in [4.78, 5) is 34.1. The van der Waals surface area contributed by atoms with Gasteiger partial charge in [0.05, 0.1) is 11.3 Å². The molecular weight excluding hydrogens is 284 g/mol. The summed E-state index contributed by atoms with van der Waals surface area (Å²) in [5.41, 5.74) is -2.07. The minimum Gasteiger partial charge on any atom is -0.277 e. The van der Waals surface area contributed by atoms with E-state index in [0.29, 0.717) is 18.2 Å². The molecule has 20 heavy (non-hydrogen) atoms. The van der Waals surface area contributed by atoms with Gasteiger partial charge in [0.1, 0.15) is 12.2 Å². The third kappa shape index (κ3) is 2.46. The fourth-order valence-electron chi connectivity index (χ4n) is 1.65. The summed E-state index contributed by atoms with van der Waals surface area (Å²) in [6.45, 7) is 0. The lowest BCUT2D eigenvalue weighted by Gasteiger charge is -2.25. The summed E-state index contributed by atoms with van der Waals surface area (Å²) in [5.74, 6) is -3.18. The maximum atomic E-state index is 13.6. The molecule has 106 valence electrons. The van der Waals surface area contributed by atoms with Crippen LogP contribution in [-0.4, -0.2) is 17.8 Å². The summed E-state index contributed by atoms with van der Waals surface area (Å²) >= 11 is 0. The van der Waals surface area contributed by atoms with E-state index in [0.717, 1.165) is 0 Å². The number of anilines is 1. The van der Waals surface area contributed by atoms with Gasteiger partial charge < -0.3 is 0 Å². The third-order valence-electron chi connectivity index (χ3n) is 2.52. The average Bonchev–Trinajstić information content (AvgIpc) is 2.28. The van der Waals surface area contributed by atoms with Crippen LogP contribution >= 0.6 is 0 Å². The van der Waals surface area contributed by atoms with Crippen molar-refractivity contribution in [1.29, 1.82) is 0 Å². The van der Waals surface area contributed by atoms with Crippen molar-refractivity contribution < 1.29 is 31.9 Å². The minimum absolute atomic E-state index is 0.173. The first-order valence-corrected chi connectivity index (χ1v) is 5.23. The highest BCUT2D eigenvalue weighted by atomic mass is 19.4. The molecule has 1 heterocycles. The van der Waals surface area contributed by atoms with E-state index in [1.54, 1.807) is 5.32 Å². The molecule has 0 unspecified atom stereocenters. The van der Waals surface area contributed by atoms with Crippen LogP contribution in [-0.2, 0) is 15.8 Å². The molecule has 1 saturated heterocycles. The number of imide groups is 2. The van der Waals surface area contributed by atoms with Gasteiger partial charge in [-0.15, -0.1) is 0 Å². The Morgan fingerprint density at radius 1 is 1.15 bits per heavy atom. The quantitative estimate of drug-likeness (QED) is 0.633. The van der Waals surface area contributed by atoms with Crippen LogP contribution in [0.1, 0.15) is 12.0 Å². The van der Waals surface area contributed by atoms with Crippen LogP contribution in [0.2, 0.25) is 0 Å². The van der Waals surface area contributed by atoms with E-state index < -0.39 is 47.5 Å². The largest absolute Gasteiger partial charge is 0.416 e. The van der Waals surface area contributed by atoms with E-state index in [1.165, 1.54) is 0 Å². The van der Waals surface area contributed by atoms with Crippen LogP contribution in [0.15, 0.2) is 18.2 Å². The molecule has 0 atom stereocenters. The highest BCUT2D eigenvalue weighted by Gasteiger charge is 2.36. The number of nitrogens with zero attached hydrogens (tertiary/aromatic N) is 1. The third-order valence-corrected chi connectivity index (χ3v) is 2.52. The predicted molar refractivity (Wildman–Crippen MR) is 57.0 cm³/mol. The zero-order valence-electron chi connectivity index (χ0n) is 9.62. The smallest absolute Gasteiger partial charge is 0.277 e. The zero-order valence-corrected chi connectivity index (χ0v) is 9.62. The van der Waals surface area contributed by atoms with E-state index >= 15 is 0 Å². The minimum atomic E-state index is -4.76. The molecule has 1 N–H and O–H groups in total. The normalized spacial score (nSPS) is 16.4. The number of rotatable bonds is 1. The second kappa shape index (κ2) is 4.58. The second-order valence-electron chi connectivity index (χ2n) is 3.92. The van der Waals surface area contributed by atoms with Crippen molar-refractivity contribution in [3.05, 3.63) is 29.6 Å². The molecular formula is C11H6F4N2O3. The molecule has 0 radical (unpaired) electrons. The van der Waals surface area contributed by atoms with Crippen molar-refractivity contribution in [3.63, 3.8) is 0 Å². The number of barbiturate groups is 1. The van der Waals surface area contributed by atoms with Gasteiger partial charge in [-0.2, -0.15) is 13.2 Å². The fourth-order valence-corrected chi connectivity index (χ4v) is 1.65. The van der Waals surface area contributed by atoms with Gasteiger partial charge in [0, 0.05) is 0 Å². The van der Waals surface area contributed by atoms with Crippen LogP contribution in [0.3, 0.4) is 0 Å². The van der Waals surface area contributed by atoms with Crippen LogP contribution in [0.25, 0.3) is 0 Å². The summed E-state index contributed by atoms with van der Waals surface area (Å²) < 4.78 is 51.2. The van der Waals surface area contributed by atoms with Gasteiger partial charge in [0.15, 0.2) is 0 Å². The Morgan fingerprint density at radius 3 is 2.35 bits per heavy atom. The molecule has 0 bridgehead atoms. The molecule has 9 heteroatoms. The standard InChI is InChI=1S/C11H6F4N2O3/c12-6-2-1-5(11(13,14)15)3-7(6)17-9(19)4-8(18)16-10(17)20/h1-3H,4H2,(H,16,18,20). The van der Waals surface area contributed by atoms with Crippen molar-refractivity contribution in [2.75, 3.05) is 4.90 Å². The first kappa shape index (κ1) is 14.0. The Labute approximate surface area is 109 Å². The van der Waals surface area contributed by atoms with Crippen LogP contribution in [0, 0.1) is 5.82 Å². The Balaban J connectivity index is 2.49. The predicted octanol–water partition coefficient (Wildman–Crippen LogP) is 1.82. The van der Waals surface area contributed by atoms with Gasteiger partial charge in [-0.1, -0.05) is 0 Å². The van der Waals surface area contributed by atoms with Gasteiger partial charge in [0.2, 0.25) is 11.8 Å². The molecule has 4 amide bonds. The van der Waals surface area contributed by atoms with E-state index in [9.17, 15) is 31.9 Å². The number of hydrogen-bond acceptors (Lipinski definition) is 3. The monoisotopic (exact) mass is 290 g/mol. The van der Waals surface area contributed by atoms with Gasteiger partial charge in [-0.25, -0.2) is 14.1 Å². The molecule has 5 nitrogen and oxygen atoms in total. The maximum absolute atomic E-state index is 13.6. The Morgan fingerprint density at radius 2 is 1.80 bits per heavy atom. The van der Waals surface area contributed by atoms with Crippen LogP contribution in [0.5, 0.6) is 0 Å². The molecule has 1 fully saturated rings. The maximum Gasteiger partial charge on any atom is 0.416 e. The lowest BCUT2D eigenvalue weighted by Crippen LogP contribution is -2.53. The number of halogens is 4. The van der Waals surface area contributed by atoms with Crippen molar-refractivity contribution in [1.82, 2.24) is 5.32 Å². The molecule has 0 saturated carbocycles. The van der Waals surface area contributed by atoms with E-state index in [1.807, 2.05) is 0 Å². The highest BCUT2D eigenvalue weighted by Crippen LogP contribution is 2.33. The van der Waals surface area contributed by atoms with Gasteiger partial charge >= 0.3 is 12.2 Å². The molecule has 1 aliphatic heterocycles. The number of carbonyl (C=O) groups is 3. The lowest BCUT2D eigenvalue weighted by molar-refractivity contribution is -0.137. The van der Waals surface area contributed by atoms with Gasteiger partial charge in [-0.3, -0.25) is 14.9 Å². The van der Waals surface area contributed by atoms with Gasteiger partial charge in [-0.05, 0) is 18.2 Å². The molecule has 0 spiro atoms. The van der Waals surface area contributed by atoms with Gasteiger partial charge in [0.25, 0.3) is 0 Å². The number of urea groups is 1. The van der Waals surface area contributed by atoms with Crippen molar-refractivity contribution in [2.45, 2.75) is 12.6 Å². The number of amides is 4. The SMILES string of the molecule is O=C1CC(=O)N(c2cc(C(F)(F)F)ccc2F)C(=O)N1. The first-order valence-electron chi connectivity index (χ1n) is 5.23. The Hall–Kier alpha value is -2.45. The number of nitrogens with one attached hydrogen (secondary N) is 1. The summed E-state index contributed by atoms with van der Waals surface area (Å²) in [7, 11) is 0. The van der Waals surface area contributed by atoms with E-state index in [4.69, 9.17) is 0 Å². The average molecular weight is 290 g/mol. The summed E-state index contributed by atoms with van der Waals surface area (Å²) in [6, 6.07) is 0.0260. The zero-order chi connectivity index (χ0) is 15.1. The topological polar surface area (TPSA) is 66.5 Å².